The van der Waals surface area contributed by atoms with Gasteiger partial charge in [-0.05, 0) is 48.7 Å². The lowest BCUT2D eigenvalue weighted by molar-refractivity contribution is -0.121. The molecule has 32 heavy (non-hydrogen) atoms. The van der Waals surface area contributed by atoms with Gasteiger partial charge in [0.2, 0.25) is 17.1 Å². The Morgan fingerprint density at radius 2 is 1.62 bits per heavy atom. The number of ether oxygens (including phenoxy) is 2. The van der Waals surface area contributed by atoms with Crippen LogP contribution in [0.25, 0.3) is 0 Å². The number of benzene rings is 2. The van der Waals surface area contributed by atoms with Gasteiger partial charge in [-0.15, -0.1) is 0 Å². The second-order valence-electron chi connectivity index (χ2n) is 7.41. The van der Waals surface area contributed by atoms with Crippen molar-refractivity contribution >= 4 is 5.91 Å². The third-order valence-electron chi connectivity index (χ3n) is 5.19. The van der Waals surface area contributed by atoms with Crippen LogP contribution in [0.2, 0.25) is 0 Å². The average Bonchev–Trinajstić information content (AvgIpc) is 2.80. The molecule has 0 saturated carbocycles. The van der Waals surface area contributed by atoms with Crippen LogP contribution in [-0.4, -0.2) is 31.8 Å². The van der Waals surface area contributed by atoms with Crippen LogP contribution in [0, 0.1) is 6.92 Å². The molecular formula is C25H27NO6. The fourth-order valence-corrected chi connectivity index (χ4v) is 3.46. The molecule has 0 radical (unpaired) electrons. The second-order valence-corrected chi connectivity index (χ2v) is 7.41. The smallest absolute Gasteiger partial charge is 0.227 e. The standard InChI is InChI=1S/C25H27NO6/c1-16-14-22(27)24(29)25(32-16)21(18-6-10-20(31-3)11-7-18)15-23(28)26-13-12-17-4-8-19(30-2)9-5-17/h4-11,14,21,29H,12-13,15H2,1-3H3,(H,26,28). The van der Waals surface area contributed by atoms with Crippen molar-refractivity contribution in [2.45, 2.75) is 25.7 Å². The summed E-state index contributed by atoms with van der Waals surface area (Å²) in [5.41, 5.74) is 1.25. The van der Waals surface area contributed by atoms with E-state index < -0.39 is 17.1 Å². The Kier molecular flexibility index (Phi) is 7.54. The molecule has 0 saturated heterocycles. The summed E-state index contributed by atoms with van der Waals surface area (Å²) < 4.78 is 16.0. The predicted molar refractivity (Wildman–Crippen MR) is 121 cm³/mol. The zero-order valence-electron chi connectivity index (χ0n) is 18.4. The van der Waals surface area contributed by atoms with E-state index in [-0.39, 0.29) is 18.1 Å². The lowest BCUT2D eigenvalue weighted by Crippen LogP contribution is -2.27. The SMILES string of the molecule is COc1ccc(CCNC(=O)CC(c2ccc(OC)cc2)c2oc(C)cc(=O)c2O)cc1. The first-order valence-corrected chi connectivity index (χ1v) is 10.3. The maximum absolute atomic E-state index is 12.7. The molecule has 0 aliphatic carbocycles. The van der Waals surface area contributed by atoms with Crippen molar-refractivity contribution in [2.75, 3.05) is 20.8 Å². The van der Waals surface area contributed by atoms with Gasteiger partial charge in [-0.3, -0.25) is 9.59 Å². The monoisotopic (exact) mass is 437 g/mol. The summed E-state index contributed by atoms with van der Waals surface area (Å²) in [6.07, 6.45) is 0.669. The number of rotatable bonds is 9. The van der Waals surface area contributed by atoms with Crippen molar-refractivity contribution in [1.29, 1.82) is 0 Å². The van der Waals surface area contributed by atoms with Crippen LogP contribution >= 0.6 is 0 Å². The largest absolute Gasteiger partial charge is 0.502 e. The van der Waals surface area contributed by atoms with Gasteiger partial charge in [0.25, 0.3) is 0 Å². The van der Waals surface area contributed by atoms with E-state index in [1.165, 1.54) is 6.07 Å². The minimum absolute atomic E-state index is 0.00882. The van der Waals surface area contributed by atoms with Gasteiger partial charge in [0, 0.05) is 19.0 Å². The lowest BCUT2D eigenvalue weighted by atomic mass is 9.91. The number of nitrogens with one attached hydrogen (secondary N) is 1. The molecule has 7 nitrogen and oxygen atoms in total. The molecular weight excluding hydrogens is 410 g/mol. The van der Waals surface area contributed by atoms with Crippen molar-refractivity contribution in [2.24, 2.45) is 0 Å². The maximum atomic E-state index is 12.7. The fourth-order valence-electron chi connectivity index (χ4n) is 3.46. The zero-order valence-corrected chi connectivity index (χ0v) is 18.4. The number of aromatic hydroxyl groups is 1. The Morgan fingerprint density at radius 1 is 1.03 bits per heavy atom. The van der Waals surface area contributed by atoms with E-state index in [0.29, 0.717) is 24.5 Å². The van der Waals surface area contributed by atoms with Crippen LogP contribution in [0.5, 0.6) is 17.2 Å². The number of hydrogen-bond acceptors (Lipinski definition) is 6. The van der Waals surface area contributed by atoms with E-state index in [0.717, 1.165) is 16.9 Å². The minimum atomic E-state index is -0.630. The molecule has 7 heteroatoms. The van der Waals surface area contributed by atoms with Gasteiger partial charge < -0.3 is 24.3 Å². The van der Waals surface area contributed by atoms with Crippen LogP contribution < -0.4 is 20.2 Å². The van der Waals surface area contributed by atoms with Crippen molar-refractivity contribution in [3.63, 3.8) is 0 Å². The molecule has 3 aromatic rings. The minimum Gasteiger partial charge on any atom is -0.502 e. The summed E-state index contributed by atoms with van der Waals surface area (Å²) in [5, 5.41) is 13.3. The summed E-state index contributed by atoms with van der Waals surface area (Å²) in [5.74, 6) is 0.539. The Hall–Kier alpha value is -3.74. The average molecular weight is 437 g/mol. The normalized spacial score (nSPS) is 11.6. The first-order valence-electron chi connectivity index (χ1n) is 10.3. The van der Waals surface area contributed by atoms with Crippen molar-refractivity contribution in [3.8, 4) is 17.2 Å². The third-order valence-corrected chi connectivity index (χ3v) is 5.19. The Morgan fingerprint density at radius 3 is 2.22 bits per heavy atom. The van der Waals surface area contributed by atoms with E-state index in [4.69, 9.17) is 13.9 Å². The Labute approximate surface area is 186 Å². The van der Waals surface area contributed by atoms with Crippen LogP contribution in [0.1, 0.15) is 35.0 Å². The molecule has 0 spiro atoms. The van der Waals surface area contributed by atoms with Crippen molar-refractivity contribution in [3.05, 3.63) is 87.5 Å². The molecule has 0 fully saturated rings. The molecule has 2 aromatic carbocycles. The Bertz CT molecular complexity index is 1100. The molecule has 2 N–H and O–H groups in total. The lowest BCUT2D eigenvalue weighted by Gasteiger charge is -2.18. The van der Waals surface area contributed by atoms with E-state index in [2.05, 4.69) is 5.32 Å². The number of carbonyl (C=O) groups excluding carboxylic acids is 1. The molecule has 1 aromatic heterocycles. The highest BCUT2D eigenvalue weighted by atomic mass is 16.5. The summed E-state index contributed by atoms with van der Waals surface area (Å²) in [6, 6.07) is 16.0. The maximum Gasteiger partial charge on any atom is 0.227 e. The highest BCUT2D eigenvalue weighted by Crippen LogP contribution is 2.33. The fraction of sp³-hybridized carbons (Fsp3) is 0.280. The van der Waals surface area contributed by atoms with E-state index in [1.54, 1.807) is 45.4 Å². The summed E-state index contributed by atoms with van der Waals surface area (Å²) in [7, 11) is 3.18. The molecule has 1 unspecified atom stereocenters. The van der Waals surface area contributed by atoms with Gasteiger partial charge in [0.05, 0.1) is 20.1 Å². The van der Waals surface area contributed by atoms with Gasteiger partial charge in [0.1, 0.15) is 17.3 Å². The quantitative estimate of drug-likeness (QED) is 0.531. The number of carbonyl (C=O) groups is 1. The second kappa shape index (κ2) is 10.5. The predicted octanol–water partition coefficient (Wildman–Crippen LogP) is 3.55. The number of aryl methyl sites for hydroxylation is 1. The molecule has 1 amide bonds. The third kappa shape index (κ3) is 5.69. The van der Waals surface area contributed by atoms with Gasteiger partial charge in [-0.25, -0.2) is 0 Å². The van der Waals surface area contributed by atoms with Crippen LogP contribution in [-0.2, 0) is 11.2 Å². The topological polar surface area (TPSA) is 98.0 Å². The van der Waals surface area contributed by atoms with Gasteiger partial charge in [0.15, 0.2) is 5.76 Å². The molecule has 0 aliphatic heterocycles. The van der Waals surface area contributed by atoms with E-state index in [9.17, 15) is 14.7 Å². The molecule has 0 bridgehead atoms. The molecule has 0 aliphatic rings. The Balaban J connectivity index is 1.75. The van der Waals surface area contributed by atoms with E-state index >= 15 is 0 Å². The summed E-state index contributed by atoms with van der Waals surface area (Å²) >= 11 is 0. The molecule has 1 heterocycles. The van der Waals surface area contributed by atoms with Crippen LogP contribution in [0.3, 0.4) is 0 Å². The highest BCUT2D eigenvalue weighted by molar-refractivity contribution is 5.77. The number of amides is 1. The molecule has 168 valence electrons. The highest BCUT2D eigenvalue weighted by Gasteiger charge is 2.25. The van der Waals surface area contributed by atoms with Crippen molar-refractivity contribution in [1.82, 2.24) is 5.32 Å². The zero-order chi connectivity index (χ0) is 23.1. The summed E-state index contributed by atoms with van der Waals surface area (Å²) in [4.78, 5) is 24.9. The van der Waals surface area contributed by atoms with Gasteiger partial charge in [-0.1, -0.05) is 24.3 Å². The summed E-state index contributed by atoms with van der Waals surface area (Å²) in [6.45, 7) is 2.08. The van der Waals surface area contributed by atoms with Crippen molar-refractivity contribution < 1.29 is 23.8 Å². The van der Waals surface area contributed by atoms with Gasteiger partial charge >= 0.3 is 0 Å². The van der Waals surface area contributed by atoms with Gasteiger partial charge in [-0.2, -0.15) is 0 Å². The number of methoxy groups -OCH3 is 2. The first kappa shape index (κ1) is 22.9. The van der Waals surface area contributed by atoms with E-state index in [1.807, 2.05) is 24.3 Å². The van der Waals surface area contributed by atoms with Crippen LogP contribution in [0.4, 0.5) is 0 Å². The number of hydrogen-bond donors (Lipinski definition) is 2. The molecule has 1 atom stereocenters. The van der Waals surface area contributed by atoms with Crippen LogP contribution in [0.15, 0.2) is 63.8 Å². The molecule has 3 rings (SSSR count). The first-order chi connectivity index (χ1) is 15.4.